The number of rotatable bonds is 2. The van der Waals surface area contributed by atoms with Gasteiger partial charge in [-0.2, -0.15) is 0 Å². The van der Waals surface area contributed by atoms with Gasteiger partial charge in [-0.25, -0.2) is 4.99 Å². The minimum absolute atomic E-state index is 0.0302. The first-order chi connectivity index (χ1) is 9.24. The van der Waals surface area contributed by atoms with E-state index in [9.17, 15) is 10.1 Å². The number of hydrogen-bond donors (Lipinski definition) is 0. The van der Waals surface area contributed by atoms with Gasteiger partial charge in [-0.15, -0.1) is 0 Å². The molecule has 19 heavy (non-hydrogen) atoms. The van der Waals surface area contributed by atoms with Gasteiger partial charge in [-0.05, 0) is 12.1 Å². The minimum Gasteiger partial charge on any atom is -0.438 e. The molecule has 5 heteroatoms. The number of nitro groups is 1. The average molecular weight is 254 g/mol. The summed E-state index contributed by atoms with van der Waals surface area (Å²) >= 11 is 0. The fourth-order valence-electron chi connectivity index (χ4n) is 1.93. The molecule has 1 heterocycles. The lowest BCUT2D eigenvalue weighted by Gasteiger charge is -2.16. The van der Waals surface area contributed by atoms with Gasteiger partial charge in [-0.3, -0.25) is 10.1 Å². The number of fused-ring (bicyclic) bond motifs is 1. The molecule has 1 aliphatic rings. The Kier molecular flexibility index (Phi) is 2.72. The highest BCUT2D eigenvalue weighted by Crippen LogP contribution is 2.25. The van der Waals surface area contributed by atoms with Crippen molar-refractivity contribution in [1.29, 1.82) is 0 Å². The third kappa shape index (κ3) is 2.18. The third-order valence-electron chi connectivity index (χ3n) is 2.88. The summed E-state index contributed by atoms with van der Waals surface area (Å²) in [5, 5.41) is 10.8. The van der Waals surface area contributed by atoms with Crippen LogP contribution in [0.4, 0.5) is 5.69 Å². The highest BCUT2D eigenvalue weighted by Gasteiger charge is 2.16. The molecule has 0 N–H and O–H groups in total. The summed E-state index contributed by atoms with van der Waals surface area (Å²) in [6, 6.07) is 13.9. The van der Waals surface area contributed by atoms with Crippen molar-refractivity contribution in [3.05, 3.63) is 69.8 Å². The van der Waals surface area contributed by atoms with Crippen LogP contribution in [0.3, 0.4) is 0 Å². The number of hydrogen-bond acceptors (Lipinski definition) is 4. The van der Waals surface area contributed by atoms with Gasteiger partial charge >= 0.3 is 0 Å². The van der Waals surface area contributed by atoms with Crippen LogP contribution in [0, 0.1) is 10.1 Å². The molecule has 0 aromatic heterocycles. The molecule has 0 fully saturated rings. The zero-order chi connectivity index (χ0) is 13.2. The van der Waals surface area contributed by atoms with Crippen molar-refractivity contribution in [1.82, 2.24) is 0 Å². The van der Waals surface area contributed by atoms with Crippen LogP contribution in [0.5, 0.6) is 5.75 Å². The maximum atomic E-state index is 10.8. The monoisotopic (exact) mass is 254 g/mol. The molecule has 3 rings (SSSR count). The Labute approximate surface area is 109 Å². The predicted octanol–water partition coefficient (Wildman–Crippen LogP) is 2.93. The third-order valence-corrected chi connectivity index (χ3v) is 2.88. The van der Waals surface area contributed by atoms with Crippen LogP contribution in [0.2, 0.25) is 0 Å². The first-order valence-corrected chi connectivity index (χ1v) is 5.79. The molecule has 0 unspecified atom stereocenters. The Balaban J connectivity index is 1.95. The van der Waals surface area contributed by atoms with E-state index in [1.807, 2.05) is 24.3 Å². The molecule has 5 nitrogen and oxygen atoms in total. The normalized spacial score (nSPS) is 13.2. The quantitative estimate of drug-likeness (QED) is 0.611. The number of benzene rings is 2. The molecule has 1 aliphatic heterocycles. The molecule has 0 saturated carbocycles. The number of para-hydroxylation sites is 1. The number of nitro benzene ring substituents is 1. The summed E-state index contributed by atoms with van der Waals surface area (Å²) in [4.78, 5) is 14.6. The molecule has 0 radical (unpaired) electrons. The maximum absolute atomic E-state index is 10.8. The van der Waals surface area contributed by atoms with Gasteiger partial charge in [-0.1, -0.05) is 24.3 Å². The first-order valence-electron chi connectivity index (χ1n) is 5.79. The van der Waals surface area contributed by atoms with Crippen molar-refractivity contribution < 1.29 is 9.66 Å². The summed E-state index contributed by atoms with van der Waals surface area (Å²) in [5.41, 5.74) is 1.66. The van der Waals surface area contributed by atoms with Crippen molar-refractivity contribution in [2.45, 2.75) is 6.54 Å². The molecule has 0 atom stereocenters. The Bertz CT molecular complexity index is 680. The summed E-state index contributed by atoms with van der Waals surface area (Å²) in [6.45, 7) is 0.522. The van der Waals surface area contributed by atoms with E-state index in [0.29, 0.717) is 18.0 Å². The van der Waals surface area contributed by atoms with E-state index < -0.39 is 4.92 Å². The largest absolute Gasteiger partial charge is 0.438 e. The maximum Gasteiger partial charge on any atom is 0.270 e. The van der Waals surface area contributed by atoms with Gasteiger partial charge in [0.15, 0.2) is 0 Å². The number of nitrogens with zero attached hydrogens (tertiary/aromatic N) is 2. The first kappa shape index (κ1) is 11.4. The van der Waals surface area contributed by atoms with E-state index in [1.165, 1.54) is 12.1 Å². The van der Waals surface area contributed by atoms with Crippen LogP contribution in [0.25, 0.3) is 0 Å². The highest BCUT2D eigenvalue weighted by atomic mass is 16.6. The van der Waals surface area contributed by atoms with Crippen molar-refractivity contribution in [2.75, 3.05) is 0 Å². The molecule has 0 bridgehead atoms. The molecule has 0 amide bonds. The smallest absolute Gasteiger partial charge is 0.270 e. The number of ether oxygens (including phenoxy) is 1. The van der Waals surface area contributed by atoms with Crippen LogP contribution in [0.1, 0.15) is 11.1 Å². The Hall–Kier alpha value is -2.69. The lowest BCUT2D eigenvalue weighted by atomic mass is 10.1. The standard InChI is InChI=1S/C14H10N2O3/c17-16(18)12-6-3-5-10(8-12)14-15-9-11-4-1-2-7-13(11)19-14/h1-8H,9H2. The molecular weight excluding hydrogens is 244 g/mol. The summed E-state index contributed by atoms with van der Waals surface area (Å²) in [6.07, 6.45) is 0. The Morgan fingerprint density at radius 1 is 1.16 bits per heavy atom. The zero-order valence-electron chi connectivity index (χ0n) is 9.95. The lowest BCUT2D eigenvalue weighted by Crippen LogP contribution is -2.15. The number of non-ortho nitro benzene ring substituents is 1. The minimum atomic E-state index is -0.430. The van der Waals surface area contributed by atoms with Crippen LogP contribution in [-0.4, -0.2) is 10.8 Å². The second-order valence-corrected chi connectivity index (χ2v) is 4.14. The highest BCUT2D eigenvalue weighted by molar-refractivity contribution is 5.97. The van der Waals surface area contributed by atoms with E-state index in [4.69, 9.17) is 4.74 Å². The fraction of sp³-hybridized carbons (Fsp3) is 0.0714. The lowest BCUT2D eigenvalue weighted by molar-refractivity contribution is -0.384. The van der Waals surface area contributed by atoms with E-state index >= 15 is 0 Å². The molecule has 2 aromatic carbocycles. The SMILES string of the molecule is O=[N+]([O-])c1cccc(C2=NCc3ccccc3O2)c1. The predicted molar refractivity (Wildman–Crippen MR) is 70.4 cm³/mol. The van der Waals surface area contributed by atoms with Gasteiger partial charge in [0.2, 0.25) is 5.90 Å². The zero-order valence-corrected chi connectivity index (χ0v) is 9.95. The van der Waals surface area contributed by atoms with Crippen molar-refractivity contribution in [3.63, 3.8) is 0 Å². The summed E-state index contributed by atoms with van der Waals surface area (Å²) in [7, 11) is 0. The van der Waals surface area contributed by atoms with Gasteiger partial charge in [0, 0.05) is 23.3 Å². The Morgan fingerprint density at radius 3 is 2.84 bits per heavy atom. The van der Waals surface area contributed by atoms with E-state index in [1.54, 1.807) is 12.1 Å². The van der Waals surface area contributed by atoms with Crippen LogP contribution in [-0.2, 0) is 6.54 Å². The number of aliphatic imine (C=N–C) groups is 1. The molecule has 0 spiro atoms. The van der Waals surface area contributed by atoms with E-state index in [0.717, 1.165) is 11.3 Å². The van der Waals surface area contributed by atoms with Crippen LogP contribution < -0.4 is 4.74 Å². The summed E-state index contributed by atoms with van der Waals surface area (Å²) in [5.74, 6) is 1.17. The molecular formula is C14H10N2O3. The average Bonchev–Trinajstić information content (AvgIpc) is 2.47. The molecule has 94 valence electrons. The van der Waals surface area contributed by atoms with Crippen molar-refractivity contribution >= 4 is 11.6 Å². The van der Waals surface area contributed by atoms with Gasteiger partial charge in [0.1, 0.15) is 5.75 Å². The molecule has 0 aliphatic carbocycles. The van der Waals surface area contributed by atoms with Gasteiger partial charge in [0.05, 0.1) is 11.5 Å². The van der Waals surface area contributed by atoms with Crippen molar-refractivity contribution in [2.24, 2.45) is 4.99 Å². The topological polar surface area (TPSA) is 64.7 Å². The Morgan fingerprint density at radius 2 is 2.00 bits per heavy atom. The van der Waals surface area contributed by atoms with E-state index in [2.05, 4.69) is 4.99 Å². The second-order valence-electron chi connectivity index (χ2n) is 4.14. The van der Waals surface area contributed by atoms with Crippen LogP contribution >= 0.6 is 0 Å². The molecule has 2 aromatic rings. The van der Waals surface area contributed by atoms with Crippen molar-refractivity contribution in [3.8, 4) is 5.75 Å². The van der Waals surface area contributed by atoms with Gasteiger partial charge < -0.3 is 4.74 Å². The fourth-order valence-corrected chi connectivity index (χ4v) is 1.93. The molecule has 0 saturated heterocycles. The van der Waals surface area contributed by atoms with Gasteiger partial charge in [0.25, 0.3) is 5.69 Å². The summed E-state index contributed by atoms with van der Waals surface area (Å²) < 4.78 is 5.68. The van der Waals surface area contributed by atoms with Crippen LogP contribution in [0.15, 0.2) is 53.5 Å². The van der Waals surface area contributed by atoms with E-state index in [-0.39, 0.29) is 5.69 Å². The second kappa shape index (κ2) is 4.53.